The Hall–Kier alpha value is -3.31. The maximum Gasteiger partial charge on any atom is 0.256 e. The van der Waals surface area contributed by atoms with E-state index in [0.717, 1.165) is 77.9 Å². The number of fused-ring (bicyclic) bond motifs is 1. The number of hydrogen-bond donors (Lipinski definition) is 1. The van der Waals surface area contributed by atoms with E-state index in [9.17, 15) is 4.79 Å². The number of aryl methyl sites for hydroxylation is 1. The molecule has 1 N–H and O–H groups in total. The first-order chi connectivity index (χ1) is 19.0. The molecule has 39 heavy (non-hydrogen) atoms. The summed E-state index contributed by atoms with van der Waals surface area (Å²) in [7, 11) is 0. The summed E-state index contributed by atoms with van der Waals surface area (Å²) in [4.78, 5) is 25.4. The van der Waals surface area contributed by atoms with E-state index in [2.05, 4.69) is 65.2 Å². The minimum atomic E-state index is -0.0544. The minimum absolute atomic E-state index is 0.0544. The highest BCUT2D eigenvalue weighted by Crippen LogP contribution is 2.34. The van der Waals surface area contributed by atoms with Crippen molar-refractivity contribution < 1.29 is 4.79 Å². The third-order valence-corrected chi connectivity index (χ3v) is 8.35. The highest BCUT2D eigenvalue weighted by molar-refractivity contribution is 6.26. The number of carbonyl (C=O) groups is 1. The van der Waals surface area contributed by atoms with Crippen molar-refractivity contribution in [3.8, 4) is 11.1 Å². The Kier molecular flexibility index (Phi) is 8.88. The zero-order valence-electron chi connectivity index (χ0n) is 23.8. The van der Waals surface area contributed by atoms with Crippen LogP contribution in [-0.4, -0.2) is 33.9 Å². The van der Waals surface area contributed by atoms with Crippen molar-refractivity contribution in [2.75, 3.05) is 18.4 Å². The number of pyridine rings is 2. The number of carbonyl (C=O) groups excluding carboxylic acids is 1. The Morgan fingerprint density at radius 2 is 1.82 bits per heavy atom. The van der Waals surface area contributed by atoms with E-state index in [-0.39, 0.29) is 5.91 Å². The SMILES string of the molecule is CC[C@H](C)Cc1ccc(NC(=O)C2=C(C)CCCc3ccc(-c4cncc(CN5CCCCC5)c4)cc32)cn1. The van der Waals surface area contributed by atoms with Crippen LogP contribution in [0.1, 0.15) is 81.7 Å². The van der Waals surface area contributed by atoms with Crippen LogP contribution in [-0.2, 0) is 24.2 Å². The molecule has 3 heterocycles. The van der Waals surface area contributed by atoms with Gasteiger partial charge in [0.2, 0.25) is 0 Å². The summed E-state index contributed by atoms with van der Waals surface area (Å²) in [6.45, 7) is 9.83. The van der Waals surface area contributed by atoms with Crippen LogP contribution in [0.25, 0.3) is 16.7 Å². The van der Waals surface area contributed by atoms with Gasteiger partial charge >= 0.3 is 0 Å². The second-order valence-electron chi connectivity index (χ2n) is 11.5. The summed E-state index contributed by atoms with van der Waals surface area (Å²) in [6, 6.07) is 12.9. The average Bonchev–Trinajstić information content (AvgIpc) is 3.12. The van der Waals surface area contributed by atoms with E-state index in [1.807, 2.05) is 24.5 Å². The quantitative estimate of drug-likeness (QED) is 0.333. The number of anilines is 1. The molecular weight excluding hydrogens is 480 g/mol. The zero-order chi connectivity index (χ0) is 27.2. The topological polar surface area (TPSA) is 58.1 Å². The number of amides is 1. The lowest BCUT2D eigenvalue weighted by Gasteiger charge is -2.26. The monoisotopic (exact) mass is 522 g/mol. The van der Waals surface area contributed by atoms with Gasteiger partial charge in [0.25, 0.3) is 5.91 Å². The Bertz CT molecular complexity index is 1320. The largest absolute Gasteiger partial charge is 0.321 e. The van der Waals surface area contributed by atoms with Crippen molar-refractivity contribution in [1.82, 2.24) is 14.9 Å². The lowest BCUT2D eigenvalue weighted by molar-refractivity contribution is -0.111. The van der Waals surface area contributed by atoms with Crippen molar-refractivity contribution in [2.45, 2.75) is 78.7 Å². The predicted molar refractivity (Wildman–Crippen MR) is 160 cm³/mol. The third kappa shape index (κ3) is 6.83. The molecule has 1 fully saturated rings. The number of allylic oxidation sites excluding steroid dienone is 1. The molecule has 3 aromatic rings. The summed E-state index contributed by atoms with van der Waals surface area (Å²) >= 11 is 0. The normalized spacial score (nSPS) is 16.9. The van der Waals surface area contributed by atoms with Gasteiger partial charge in [-0.1, -0.05) is 44.4 Å². The van der Waals surface area contributed by atoms with Gasteiger partial charge in [0.05, 0.1) is 11.9 Å². The van der Waals surface area contributed by atoms with Gasteiger partial charge in [0.15, 0.2) is 0 Å². The minimum Gasteiger partial charge on any atom is -0.321 e. The second-order valence-corrected chi connectivity index (χ2v) is 11.5. The van der Waals surface area contributed by atoms with Crippen LogP contribution < -0.4 is 5.32 Å². The fraction of sp³-hybridized carbons (Fsp3) is 0.441. The standard InChI is InChI=1S/C34H42N4O/c1-4-24(2)17-30-13-14-31(22-36-30)37-34(39)33-25(3)9-8-10-27-11-12-28(19-32(27)33)29-18-26(20-35-21-29)23-38-15-6-5-7-16-38/h11-14,18-22,24H,4-10,15-17,23H2,1-3H3,(H,37,39)/t24-/m0/s1. The fourth-order valence-corrected chi connectivity index (χ4v) is 5.84. The number of benzene rings is 1. The van der Waals surface area contributed by atoms with Crippen LogP contribution in [0, 0.1) is 5.92 Å². The lowest BCUT2D eigenvalue weighted by Crippen LogP contribution is -2.29. The van der Waals surface area contributed by atoms with Gasteiger partial charge in [0, 0.05) is 35.8 Å². The number of piperidine rings is 1. The van der Waals surface area contributed by atoms with Crippen LogP contribution in [0.4, 0.5) is 5.69 Å². The van der Waals surface area contributed by atoms with Crippen molar-refractivity contribution in [3.63, 3.8) is 0 Å². The molecule has 204 valence electrons. The first-order valence-electron chi connectivity index (χ1n) is 14.8. The molecule has 5 heteroatoms. The molecule has 5 nitrogen and oxygen atoms in total. The molecule has 1 atom stereocenters. The number of nitrogens with one attached hydrogen (secondary N) is 1. The maximum absolute atomic E-state index is 13.7. The Morgan fingerprint density at radius 1 is 0.974 bits per heavy atom. The number of hydrogen-bond acceptors (Lipinski definition) is 4. The van der Waals surface area contributed by atoms with Crippen LogP contribution in [0.15, 0.2) is 60.6 Å². The maximum atomic E-state index is 13.7. The van der Waals surface area contributed by atoms with E-state index < -0.39 is 0 Å². The van der Waals surface area contributed by atoms with Crippen LogP contribution in [0.3, 0.4) is 0 Å². The number of aromatic nitrogens is 2. The molecule has 5 rings (SSSR count). The molecule has 0 saturated carbocycles. The smallest absolute Gasteiger partial charge is 0.256 e. The molecule has 1 saturated heterocycles. The van der Waals surface area contributed by atoms with E-state index in [4.69, 9.17) is 0 Å². The zero-order valence-corrected chi connectivity index (χ0v) is 23.8. The van der Waals surface area contributed by atoms with Crippen LogP contribution >= 0.6 is 0 Å². The molecule has 1 amide bonds. The van der Waals surface area contributed by atoms with Crippen molar-refractivity contribution in [1.29, 1.82) is 0 Å². The van der Waals surface area contributed by atoms with Crippen molar-refractivity contribution >= 4 is 17.2 Å². The second kappa shape index (κ2) is 12.7. The summed E-state index contributed by atoms with van der Waals surface area (Å²) in [5, 5.41) is 3.14. The molecule has 0 bridgehead atoms. The fourth-order valence-electron chi connectivity index (χ4n) is 5.84. The molecule has 1 aliphatic heterocycles. The first kappa shape index (κ1) is 27.3. The molecule has 0 spiro atoms. The number of likely N-dealkylation sites (tertiary alicyclic amines) is 1. The molecule has 1 aromatic carbocycles. The first-order valence-corrected chi connectivity index (χ1v) is 14.8. The number of rotatable bonds is 8. The van der Waals surface area contributed by atoms with Gasteiger partial charge in [-0.25, -0.2) is 0 Å². The van der Waals surface area contributed by atoms with Crippen LogP contribution in [0.5, 0.6) is 0 Å². The Labute approximate surface area is 233 Å². The molecular formula is C34H42N4O. The summed E-state index contributed by atoms with van der Waals surface area (Å²) < 4.78 is 0. The molecule has 1 aliphatic carbocycles. The Morgan fingerprint density at radius 3 is 2.59 bits per heavy atom. The van der Waals surface area contributed by atoms with E-state index in [1.54, 1.807) is 6.20 Å². The lowest BCUT2D eigenvalue weighted by atomic mass is 9.92. The Balaban J connectivity index is 1.39. The van der Waals surface area contributed by atoms with Gasteiger partial charge < -0.3 is 5.32 Å². The van der Waals surface area contributed by atoms with Gasteiger partial charge in [-0.05, 0) is 111 Å². The van der Waals surface area contributed by atoms with Gasteiger partial charge in [-0.15, -0.1) is 0 Å². The molecule has 2 aliphatic rings. The van der Waals surface area contributed by atoms with Crippen molar-refractivity contribution in [2.24, 2.45) is 5.92 Å². The predicted octanol–water partition coefficient (Wildman–Crippen LogP) is 7.47. The van der Waals surface area contributed by atoms with E-state index >= 15 is 0 Å². The third-order valence-electron chi connectivity index (χ3n) is 8.35. The van der Waals surface area contributed by atoms with Gasteiger partial charge in [-0.2, -0.15) is 0 Å². The average molecular weight is 523 g/mol. The van der Waals surface area contributed by atoms with Gasteiger partial charge in [0.1, 0.15) is 0 Å². The highest BCUT2D eigenvalue weighted by Gasteiger charge is 2.22. The van der Waals surface area contributed by atoms with E-state index in [1.165, 1.54) is 43.5 Å². The molecule has 0 radical (unpaired) electrons. The van der Waals surface area contributed by atoms with Crippen molar-refractivity contribution in [3.05, 3.63) is 82.9 Å². The summed E-state index contributed by atoms with van der Waals surface area (Å²) in [6.07, 6.45) is 14.7. The number of nitrogens with zero attached hydrogens (tertiary/aromatic N) is 3. The summed E-state index contributed by atoms with van der Waals surface area (Å²) in [5.41, 5.74) is 9.49. The summed E-state index contributed by atoms with van der Waals surface area (Å²) in [5.74, 6) is 0.546. The molecule has 2 aromatic heterocycles. The van der Waals surface area contributed by atoms with Gasteiger partial charge in [-0.3, -0.25) is 19.7 Å². The van der Waals surface area contributed by atoms with E-state index in [0.29, 0.717) is 5.92 Å². The highest BCUT2D eigenvalue weighted by atomic mass is 16.1. The molecule has 0 unspecified atom stereocenters. The van der Waals surface area contributed by atoms with Crippen LogP contribution in [0.2, 0.25) is 0 Å².